The molecule has 0 atom stereocenters. The second-order valence-electron chi connectivity index (χ2n) is 7.34. The summed E-state index contributed by atoms with van der Waals surface area (Å²) in [6, 6.07) is 16.6. The van der Waals surface area contributed by atoms with Gasteiger partial charge in [0, 0.05) is 18.4 Å². The van der Waals surface area contributed by atoms with E-state index in [0.29, 0.717) is 40.4 Å². The Hall–Kier alpha value is -2.88. The van der Waals surface area contributed by atoms with Crippen molar-refractivity contribution in [3.05, 3.63) is 81.8 Å². The third-order valence-corrected chi connectivity index (χ3v) is 6.86. The summed E-state index contributed by atoms with van der Waals surface area (Å²) in [4.78, 5) is 12.7. The van der Waals surface area contributed by atoms with E-state index in [1.807, 2.05) is 32.0 Å². The van der Waals surface area contributed by atoms with Crippen molar-refractivity contribution in [3.63, 3.8) is 0 Å². The van der Waals surface area contributed by atoms with Gasteiger partial charge in [0.2, 0.25) is 0 Å². The molecule has 3 aromatic rings. The zero-order chi connectivity index (χ0) is 24.0. The lowest BCUT2D eigenvalue weighted by Crippen LogP contribution is -2.15. The molecular formula is C24H25BrN2O5S. The zero-order valence-electron chi connectivity index (χ0n) is 18.5. The molecule has 0 unspecified atom stereocenters. The van der Waals surface area contributed by atoms with E-state index in [-0.39, 0.29) is 10.8 Å². The summed E-state index contributed by atoms with van der Waals surface area (Å²) < 4.78 is 39.4. The number of benzene rings is 3. The van der Waals surface area contributed by atoms with Crippen LogP contribution in [0.5, 0.6) is 5.75 Å². The molecule has 7 nitrogen and oxygen atoms in total. The van der Waals surface area contributed by atoms with Gasteiger partial charge in [0.15, 0.2) is 0 Å². The molecule has 3 aromatic carbocycles. The average Bonchev–Trinajstić information content (AvgIpc) is 2.78. The van der Waals surface area contributed by atoms with E-state index in [0.717, 1.165) is 11.1 Å². The van der Waals surface area contributed by atoms with Gasteiger partial charge in [0.25, 0.3) is 15.9 Å². The number of nitrogens with one attached hydrogen (secondary N) is 2. The van der Waals surface area contributed by atoms with Crippen molar-refractivity contribution in [2.75, 3.05) is 30.4 Å². The molecule has 0 aliphatic heterocycles. The van der Waals surface area contributed by atoms with Crippen molar-refractivity contribution in [2.45, 2.75) is 18.7 Å². The van der Waals surface area contributed by atoms with Crippen LogP contribution in [-0.4, -0.2) is 34.6 Å². The molecule has 0 saturated carbocycles. The van der Waals surface area contributed by atoms with Gasteiger partial charge in [0.05, 0.1) is 21.7 Å². The Morgan fingerprint density at radius 2 is 1.64 bits per heavy atom. The fourth-order valence-electron chi connectivity index (χ4n) is 3.08. The maximum atomic E-state index is 12.8. The van der Waals surface area contributed by atoms with Crippen LogP contribution in [0, 0.1) is 13.8 Å². The predicted molar refractivity (Wildman–Crippen MR) is 133 cm³/mol. The third kappa shape index (κ3) is 6.34. The highest BCUT2D eigenvalue weighted by Gasteiger charge is 2.17. The first-order valence-electron chi connectivity index (χ1n) is 10.1. The predicted octanol–water partition coefficient (Wildman–Crippen LogP) is 5.14. The topological polar surface area (TPSA) is 93.7 Å². The molecule has 0 saturated heterocycles. The molecule has 0 aromatic heterocycles. The van der Waals surface area contributed by atoms with Crippen molar-refractivity contribution >= 4 is 43.2 Å². The number of carbonyl (C=O) groups excluding carboxylic acids is 1. The number of hydrogen-bond acceptors (Lipinski definition) is 5. The van der Waals surface area contributed by atoms with Gasteiger partial charge in [-0.25, -0.2) is 8.42 Å². The molecule has 0 bridgehead atoms. The molecular weight excluding hydrogens is 508 g/mol. The molecule has 0 spiro atoms. The van der Waals surface area contributed by atoms with Gasteiger partial charge in [-0.3, -0.25) is 9.52 Å². The minimum Gasteiger partial charge on any atom is -0.490 e. The molecule has 0 aliphatic carbocycles. The lowest BCUT2D eigenvalue weighted by molar-refractivity contribution is 0.102. The largest absolute Gasteiger partial charge is 0.490 e. The van der Waals surface area contributed by atoms with E-state index in [9.17, 15) is 13.2 Å². The highest BCUT2D eigenvalue weighted by molar-refractivity contribution is 9.10. The maximum absolute atomic E-state index is 12.8. The first kappa shape index (κ1) is 24.8. The monoisotopic (exact) mass is 532 g/mol. The molecule has 1 amide bonds. The van der Waals surface area contributed by atoms with Gasteiger partial charge >= 0.3 is 0 Å². The summed E-state index contributed by atoms with van der Waals surface area (Å²) in [5.74, 6) is 0.276. The van der Waals surface area contributed by atoms with Gasteiger partial charge in [-0.05, 0) is 83.4 Å². The highest BCUT2D eigenvalue weighted by atomic mass is 79.9. The molecule has 0 heterocycles. The lowest BCUT2D eigenvalue weighted by Gasteiger charge is -2.14. The Bertz CT molecular complexity index is 1220. The Balaban J connectivity index is 1.69. The van der Waals surface area contributed by atoms with E-state index in [2.05, 4.69) is 26.0 Å². The number of sulfonamides is 1. The fraction of sp³-hybridized carbons (Fsp3) is 0.208. The van der Waals surface area contributed by atoms with E-state index >= 15 is 0 Å². The van der Waals surface area contributed by atoms with Crippen LogP contribution < -0.4 is 14.8 Å². The van der Waals surface area contributed by atoms with Crippen LogP contribution in [0.3, 0.4) is 0 Å². The SMILES string of the molecule is COCCOc1ccc(C(=O)Nc2ccc(S(=O)(=O)Nc3c(C)cccc3C)cc2)cc1Br. The lowest BCUT2D eigenvalue weighted by atomic mass is 10.1. The number of para-hydroxylation sites is 1. The van der Waals surface area contributed by atoms with Gasteiger partial charge in [-0.15, -0.1) is 0 Å². The Morgan fingerprint density at radius 1 is 0.970 bits per heavy atom. The normalized spacial score (nSPS) is 11.2. The van der Waals surface area contributed by atoms with Crippen LogP contribution in [0.25, 0.3) is 0 Å². The first-order chi connectivity index (χ1) is 15.7. The second kappa shape index (κ2) is 10.8. The van der Waals surface area contributed by atoms with Crippen LogP contribution in [0.1, 0.15) is 21.5 Å². The fourth-order valence-corrected chi connectivity index (χ4v) is 4.78. The molecule has 33 heavy (non-hydrogen) atoms. The number of anilines is 2. The molecule has 0 radical (unpaired) electrons. The van der Waals surface area contributed by atoms with Gasteiger partial charge in [-0.1, -0.05) is 18.2 Å². The Kier molecular flexibility index (Phi) is 8.12. The number of ether oxygens (including phenoxy) is 2. The van der Waals surface area contributed by atoms with Crippen molar-refractivity contribution < 1.29 is 22.7 Å². The average molecular weight is 533 g/mol. The quantitative estimate of drug-likeness (QED) is 0.372. The summed E-state index contributed by atoms with van der Waals surface area (Å²) in [6.45, 7) is 4.55. The molecule has 2 N–H and O–H groups in total. The number of halogens is 1. The highest BCUT2D eigenvalue weighted by Crippen LogP contribution is 2.27. The number of hydrogen-bond donors (Lipinski definition) is 2. The number of carbonyl (C=O) groups is 1. The van der Waals surface area contributed by atoms with Crippen molar-refractivity contribution in [3.8, 4) is 5.75 Å². The first-order valence-corrected chi connectivity index (χ1v) is 12.4. The minimum atomic E-state index is -3.77. The number of methoxy groups -OCH3 is 1. The van der Waals surface area contributed by atoms with E-state index in [1.165, 1.54) is 12.1 Å². The molecule has 3 rings (SSSR count). The standard InChI is InChI=1S/C24H25BrN2O5S/c1-16-5-4-6-17(2)23(16)27-33(29,30)20-10-8-19(9-11-20)26-24(28)18-7-12-22(21(25)15-18)32-14-13-31-3/h4-12,15,27H,13-14H2,1-3H3,(H,26,28). The van der Waals surface area contributed by atoms with Gasteiger partial charge in [-0.2, -0.15) is 0 Å². The van der Waals surface area contributed by atoms with Crippen LogP contribution in [-0.2, 0) is 14.8 Å². The summed E-state index contributed by atoms with van der Waals surface area (Å²) in [7, 11) is -2.17. The van der Waals surface area contributed by atoms with Crippen LogP contribution in [0.4, 0.5) is 11.4 Å². The van der Waals surface area contributed by atoms with Crippen LogP contribution in [0.15, 0.2) is 70.0 Å². The molecule has 9 heteroatoms. The number of rotatable bonds is 9. The van der Waals surface area contributed by atoms with E-state index < -0.39 is 10.0 Å². The Labute approximate surface area is 202 Å². The minimum absolute atomic E-state index is 0.100. The molecule has 174 valence electrons. The van der Waals surface area contributed by atoms with Crippen molar-refractivity contribution in [1.29, 1.82) is 0 Å². The van der Waals surface area contributed by atoms with Gasteiger partial charge < -0.3 is 14.8 Å². The number of aryl methyl sites for hydroxylation is 2. The summed E-state index contributed by atoms with van der Waals surface area (Å²) in [5, 5.41) is 2.77. The van der Waals surface area contributed by atoms with E-state index in [1.54, 1.807) is 37.4 Å². The third-order valence-electron chi connectivity index (χ3n) is 4.88. The Morgan fingerprint density at radius 3 is 2.24 bits per heavy atom. The smallest absolute Gasteiger partial charge is 0.261 e. The van der Waals surface area contributed by atoms with E-state index in [4.69, 9.17) is 9.47 Å². The number of amides is 1. The van der Waals surface area contributed by atoms with Crippen LogP contribution >= 0.6 is 15.9 Å². The molecule has 0 fully saturated rings. The summed E-state index contributed by atoms with van der Waals surface area (Å²) in [6.07, 6.45) is 0. The summed E-state index contributed by atoms with van der Waals surface area (Å²) >= 11 is 3.40. The molecule has 0 aliphatic rings. The van der Waals surface area contributed by atoms with Gasteiger partial charge in [0.1, 0.15) is 12.4 Å². The summed E-state index contributed by atoms with van der Waals surface area (Å²) in [5.41, 5.74) is 3.14. The van der Waals surface area contributed by atoms with Crippen LogP contribution in [0.2, 0.25) is 0 Å². The van der Waals surface area contributed by atoms with Crippen molar-refractivity contribution in [1.82, 2.24) is 0 Å². The zero-order valence-corrected chi connectivity index (χ0v) is 20.9. The second-order valence-corrected chi connectivity index (χ2v) is 9.87. The van der Waals surface area contributed by atoms with Crippen molar-refractivity contribution in [2.24, 2.45) is 0 Å². The maximum Gasteiger partial charge on any atom is 0.261 e.